The van der Waals surface area contributed by atoms with Crippen molar-refractivity contribution >= 4 is 9.84 Å². The normalized spacial score (nSPS) is 12.8. The van der Waals surface area contributed by atoms with Crippen molar-refractivity contribution in [3.63, 3.8) is 0 Å². The molecule has 1 rings (SSSR count). The maximum atomic E-state index is 13.0. The SMILES string of the molecule is O=S(=O)(Cc1ccccc1F)CC(F)(F)F. The molecule has 0 aliphatic rings. The highest BCUT2D eigenvalue weighted by Gasteiger charge is 2.35. The molecule has 0 saturated carbocycles. The smallest absolute Gasteiger partial charge is 0.228 e. The summed E-state index contributed by atoms with van der Waals surface area (Å²) < 4.78 is 70.8. The van der Waals surface area contributed by atoms with Crippen LogP contribution in [0.5, 0.6) is 0 Å². The quantitative estimate of drug-likeness (QED) is 0.778. The molecule has 7 heteroatoms. The predicted molar refractivity (Wildman–Crippen MR) is 49.9 cm³/mol. The number of hydrogen-bond acceptors (Lipinski definition) is 2. The van der Waals surface area contributed by atoms with Gasteiger partial charge in [0.05, 0.1) is 5.75 Å². The Labute approximate surface area is 89.8 Å². The van der Waals surface area contributed by atoms with Gasteiger partial charge in [0.1, 0.15) is 11.6 Å². The summed E-state index contributed by atoms with van der Waals surface area (Å²) >= 11 is 0. The molecule has 0 aliphatic heterocycles. The molecule has 0 amide bonds. The van der Waals surface area contributed by atoms with Gasteiger partial charge in [-0.05, 0) is 6.07 Å². The number of halogens is 4. The highest BCUT2D eigenvalue weighted by atomic mass is 32.2. The molecule has 90 valence electrons. The lowest BCUT2D eigenvalue weighted by Crippen LogP contribution is -2.24. The van der Waals surface area contributed by atoms with Crippen molar-refractivity contribution in [1.82, 2.24) is 0 Å². The zero-order chi connectivity index (χ0) is 12.4. The summed E-state index contributed by atoms with van der Waals surface area (Å²) in [4.78, 5) is 0. The van der Waals surface area contributed by atoms with Crippen LogP contribution < -0.4 is 0 Å². The summed E-state index contributed by atoms with van der Waals surface area (Å²) in [5.41, 5.74) is -0.258. The van der Waals surface area contributed by atoms with Gasteiger partial charge in [-0.3, -0.25) is 0 Å². The molecular weight excluding hydrogens is 248 g/mol. The van der Waals surface area contributed by atoms with Crippen molar-refractivity contribution in [3.05, 3.63) is 35.6 Å². The topological polar surface area (TPSA) is 34.1 Å². The average Bonchev–Trinajstić information content (AvgIpc) is 2.04. The van der Waals surface area contributed by atoms with Crippen molar-refractivity contribution in [1.29, 1.82) is 0 Å². The molecule has 0 radical (unpaired) electrons. The molecule has 0 fully saturated rings. The predicted octanol–water partition coefficient (Wildman–Crippen LogP) is 2.30. The first-order valence-corrected chi connectivity index (χ1v) is 6.02. The fourth-order valence-electron chi connectivity index (χ4n) is 1.15. The minimum absolute atomic E-state index is 0.258. The third kappa shape index (κ3) is 4.18. The second-order valence-corrected chi connectivity index (χ2v) is 5.30. The molecule has 0 spiro atoms. The largest absolute Gasteiger partial charge is 0.402 e. The second kappa shape index (κ2) is 4.40. The highest BCUT2D eigenvalue weighted by Crippen LogP contribution is 2.20. The summed E-state index contributed by atoms with van der Waals surface area (Å²) in [5, 5.41) is 0. The van der Waals surface area contributed by atoms with Crippen molar-refractivity contribution in [2.24, 2.45) is 0 Å². The molecule has 0 aliphatic carbocycles. The summed E-state index contributed by atoms with van der Waals surface area (Å²) in [5.74, 6) is -3.71. The van der Waals surface area contributed by atoms with Gasteiger partial charge in [-0.1, -0.05) is 18.2 Å². The standard InChI is InChI=1S/C9H8F4O2S/c10-8-4-2-1-3-7(8)5-16(14,15)6-9(11,12)13/h1-4H,5-6H2. The number of benzene rings is 1. The summed E-state index contributed by atoms with van der Waals surface area (Å²) in [6, 6.07) is 4.83. The van der Waals surface area contributed by atoms with Crippen LogP contribution in [0.25, 0.3) is 0 Å². The van der Waals surface area contributed by atoms with Crippen LogP contribution in [-0.2, 0) is 15.6 Å². The highest BCUT2D eigenvalue weighted by molar-refractivity contribution is 7.90. The molecule has 0 bridgehead atoms. The molecule has 16 heavy (non-hydrogen) atoms. The van der Waals surface area contributed by atoms with Crippen LogP contribution in [0.2, 0.25) is 0 Å². The molecule has 0 aromatic heterocycles. The number of alkyl halides is 3. The molecule has 0 saturated heterocycles. The van der Waals surface area contributed by atoms with E-state index in [-0.39, 0.29) is 5.56 Å². The molecule has 2 nitrogen and oxygen atoms in total. The maximum Gasteiger partial charge on any atom is 0.402 e. The number of hydrogen-bond donors (Lipinski definition) is 0. The minimum Gasteiger partial charge on any atom is -0.228 e. The van der Waals surface area contributed by atoms with Gasteiger partial charge in [-0.15, -0.1) is 0 Å². The molecule has 0 heterocycles. The van der Waals surface area contributed by atoms with E-state index in [1.54, 1.807) is 0 Å². The summed E-state index contributed by atoms with van der Waals surface area (Å²) in [6.45, 7) is 0. The molecule has 1 aromatic rings. The van der Waals surface area contributed by atoms with E-state index in [1.807, 2.05) is 0 Å². The van der Waals surface area contributed by atoms with Gasteiger partial charge in [-0.2, -0.15) is 13.2 Å². The summed E-state index contributed by atoms with van der Waals surface area (Å²) in [7, 11) is -4.38. The van der Waals surface area contributed by atoms with Crippen LogP contribution in [0.15, 0.2) is 24.3 Å². The second-order valence-electron chi connectivity index (χ2n) is 3.24. The van der Waals surface area contributed by atoms with Gasteiger partial charge in [0, 0.05) is 5.56 Å². The van der Waals surface area contributed by atoms with E-state index in [0.29, 0.717) is 0 Å². The lowest BCUT2D eigenvalue weighted by atomic mass is 10.2. The fraction of sp³-hybridized carbons (Fsp3) is 0.333. The third-order valence-corrected chi connectivity index (χ3v) is 3.23. The van der Waals surface area contributed by atoms with Crippen molar-refractivity contribution < 1.29 is 26.0 Å². The zero-order valence-corrected chi connectivity index (χ0v) is 8.78. The Bertz CT molecular complexity index is 465. The first-order chi connectivity index (χ1) is 7.20. The van der Waals surface area contributed by atoms with Crippen LogP contribution in [0.4, 0.5) is 17.6 Å². The Balaban J connectivity index is 2.86. The van der Waals surface area contributed by atoms with Crippen LogP contribution in [-0.4, -0.2) is 20.3 Å². The Hall–Kier alpha value is -1.11. The van der Waals surface area contributed by atoms with Crippen LogP contribution in [0.1, 0.15) is 5.56 Å². The van der Waals surface area contributed by atoms with E-state index in [2.05, 4.69) is 0 Å². The van der Waals surface area contributed by atoms with Gasteiger partial charge < -0.3 is 0 Å². The average molecular weight is 256 g/mol. The van der Waals surface area contributed by atoms with E-state index in [9.17, 15) is 26.0 Å². The Morgan fingerprint density at radius 1 is 1.12 bits per heavy atom. The van der Waals surface area contributed by atoms with E-state index in [4.69, 9.17) is 0 Å². The molecule has 0 unspecified atom stereocenters. The van der Waals surface area contributed by atoms with Crippen LogP contribution in [0.3, 0.4) is 0 Å². The maximum absolute atomic E-state index is 13.0. The van der Waals surface area contributed by atoms with E-state index >= 15 is 0 Å². The van der Waals surface area contributed by atoms with Gasteiger partial charge in [0.25, 0.3) is 0 Å². The Kier molecular flexibility index (Phi) is 3.57. The minimum atomic E-state index is -4.80. The molecule has 1 aromatic carbocycles. The zero-order valence-electron chi connectivity index (χ0n) is 7.96. The van der Waals surface area contributed by atoms with Crippen molar-refractivity contribution in [3.8, 4) is 0 Å². The van der Waals surface area contributed by atoms with Gasteiger partial charge in [0.2, 0.25) is 0 Å². The van der Waals surface area contributed by atoms with Crippen LogP contribution in [0, 0.1) is 5.82 Å². The molecule has 0 atom stereocenters. The van der Waals surface area contributed by atoms with Gasteiger partial charge in [0.15, 0.2) is 9.84 Å². The van der Waals surface area contributed by atoms with E-state index in [1.165, 1.54) is 12.1 Å². The number of rotatable bonds is 3. The van der Waals surface area contributed by atoms with Crippen LogP contribution >= 0.6 is 0 Å². The van der Waals surface area contributed by atoms with Crippen molar-refractivity contribution in [2.45, 2.75) is 11.9 Å². The lowest BCUT2D eigenvalue weighted by molar-refractivity contribution is -0.106. The van der Waals surface area contributed by atoms with Crippen molar-refractivity contribution in [2.75, 3.05) is 5.75 Å². The fourth-order valence-corrected chi connectivity index (χ4v) is 2.46. The first-order valence-electron chi connectivity index (χ1n) is 4.20. The Morgan fingerprint density at radius 3 is 2.19 bits per heavy atom. The molecular formula is C9H8F4O2S. The van der Waals surface area contributed by atoms with E-state index in [0.717, 1.165) is 12.1 Å². The summed E-state index contributed by atoms with van der Waals surface area (Å²) in [6.07, 6.45) is -4.80. The monoisotopic (exact) mass is 256 g/mol. The molecule has 0 N–H and O–H groups in total. The number of sulfone groups is 1. The van der Waals surface area contributed by atoms with Gasteiger partial charge >= 0.3 is 6.18 Å². The Morgan fingerprint density at radius 2 is 1.69 bits per heavy atom. The van der Waals surface area contributed by atoms with E-state index < -0.39 is 33.3 Å². The van der Waals surface area contributed by atoms with Gasteiger partial charge in [-0.25, -0.2) is 12.8 Å². The lowest BCUT2D eigenvalue weighted by Gasteiger charge is -2.08. The third-order valence-electron chi connectivity index (χ3n) is 1.72. The first kappa shape index (κ1) is 13.0.